The maximum absolute atomic E-state index is 12.4. The van der Waals surface area contributed by atoms with Crippen LogP contribution in [0.25, 0.3) is 0 Å². The lowest BCUT2D eigenvalue weighted by Gasteiger charge is -2.26. The lowest BCUT2D eigenvalue weighted by molar-refractivity contribution is -0.169. The van der Waals surface area contributed by atoms with Gasteiger partial charge in [0.05, 0.1) is 17.5 Å². The molecule has 28 heavy (non-hydrogen) atoms. The summed E-state index contributed by atoms with van der Waals surface area (Å²) in [5.74, 6) is -2.22. The average Bonchev–Trinajstić information content (AvgIpc) is 2.84. The Morgan fingerprint density at radius 1 is 1.11 bits per heavy atom. The highest BCUT2D eigenvalue weighted by Gasteiger charge is 2.39. The molecular formula is C20H26N2O6. The molecule has 152 valence electrons. The Morgan fingerprint density at radius 2 is 1.64 bits per heavy atom. The van der Waals surface area contributed by atoms with Crippen LogP contribution in [0, 0.1) is 5.92 Å². The molecule has 1 heterocycles. The van der Waals surface area contributed by atoms with Gasteiger partial charge in [-0.1, -0.05) is 37.5 Å². The molecule has 0 radical (unpaired) electrons. The number of imide groups is 1. The molecule has 1 aromatic carbocycles. The number of hydroxylamine groups is 2. The van der Waals surface area contributed by atoms with Crippen molar-refractivity contribution in [3.63, 3.8) is 0 Å². The molecule has 8 nitrogen and oxygen atoms in total. The summed E-state index contributed by atoms with van der Waals surface area (Å²) in [5.41, 5.74) is -0.304. The Labute approximate surface area is 164 Å². The summed E-state index contributed by atoms with van der Waals surface area (Å²) in [5, 5.41) is 3.14. The van der Waals surface area contributed by atoms with Gasteiger partial charge in [0.1, 0.15) is 5.60 Å². The highest BCUT2D eigenvalue weighted by atomic mass is 16.7. The van der Waals surface area contributed by atoms with Crippen molar-refractivity contribution < 1.29 is 28.8 Å². The van der Waals surface area contributed by atoms with Gasteiger partial charge >= 0.3 is 12.1 Å². The number of carbonyl (C=O) groups is 4. The first-order valence-corrected chi connectivity index (χ1v) is 9.21. The maximum atomic E-state index is 12.4. The van der Waals surface area contributed by atoms with Crippen molar-refractivity contribution in [3.05, 3.63) is 35.4 Å². The number of fused-ring (bicyclic) bond motifs is 1. The van der Waals surface area contributed by atoms with E-state index in [9.17, 15) is 19.2 Å². The fourth-order valence-corrected chi connectivity index (χ4v) is 2.71. The van der Waals surface area contributed by atoms with E-state index in [1.54, 1.807) is 32.9 Å². The maximum Gasteiger partial charge on any atom is 0.407 e. The molecule has 0 saturated heterocycles. The highest BCUT2D eigenvalue weighted by molar-refractivity contribution is 6.20. The van der Waals surface area contributed by atoms with E-state index < -0.39 is 35.5 Å². The zero-order valence-electron chi connectivity index (χ0n) is 16.8. The van der Waals surface area contributed by atoms with E-state index in [2.05, 4.69) is 5.32 Å². The topological polar surface area (TPSA) is 102 Å². The molecule has 1 aromatic rings. The molecule has 2 rings (SSSR count). The van der Waals surface area contributed by atoms with Crippen LogP contribution in [0.3, 0.4) is 0 Å². The molecule has 0 saturated carbocycles. The summed E-state index contributed by atoms with van der Waals surface area (Å²) in [4.78, 5) is 54.1. The zero-order valence-corrected chi connectivity index (χ0v) is 16.8. The molecule has 8 heteroatoms. The monoisotopic (exact) mass is 390 g/mol. The third-order valence-electron chi connectivity index (χ3n) is 4.37. The van der Waals surface area contributed by atoms with Crippen molar-refractivity contribution in [1.82, 2.24) is 10.4 Å². The second-order valence-corrected chi connectivity index (χ2v) is 7.76. The van der Waals surface area contributed by atoms with Gasteiger partial charge in [0.25, 0.3) is 11.8 Å². The van der Waals surface area contributed by atoms with Gasteiger partial charge in [0.15, 0.2) is 0 Å². The van der Waals surface area contributed by atoms with E-state index in [1.165, 1.54) is 12.1 Å². The van der Waals surface area contributed by atoms with Crippen molar-refractivity contribution >= 4 is 23.9 Å². The van der Waals surface area contributed by atoms with Crippen LogP contribution in [0.15, 0.2) is 24.3 Å². The number of nitrogens with zero attached hydrogens (tertiary/aromatic N) is 1. The van der Waals surface area contributed by atoms with Crippen LogP contribution < -0.4 is 5.32 Å². The first-order valence-electron chi connectivity index (χ1n) is 9.21. The molecule has 0 bridgehead atoms. The number of carbonyl (C=O) groups excluding carboxylic acids is 4. The molecular weight excluding hydrogens is 364 g/mol. The van der Waals surface area contributed by atoms with Crippen molar-refractivity contribution in [2.45, 2.75) is 59.1 Å². The minimum atomic E-state index is -0.795. The Morgan fingerprint density at radius 3 is 2.11 bits per heavy atom. The summed E-state index contributed by atoms with van der Waals surface area (Å²) in [6.45, 7) is 9.01. The van der Waals surface area contributed by atoms with E-state index >= 15 is 0 Å². The zero-order chi connectivity index (χ0) is 21.1. The van der Waals surface area contributed by atoms with Crippen LogP contribution in [0.5, 0.6) is 0 Å². The van der Waals surface area contributed by atoms with Gasteiger partial charge in [-0.3, -0.25) is 9.59 Å². The summed E-state index contributed by atoms with van der Waals surface area (Å²) in [6, 6.07) is 5.67. The Kier molecular flexibility index (Phi) is 6.43. The second kappa shape index (κ2) is 8.41. The molecule has 0 spiro atoms. The van der Waals surface area contributed by atoms with Gasteiger partial charge in [-0.15, -0.1) is 0 Å². The molecule has 2 atom stereocenters. The molecule has 0 aliphatic carbocycles. The third-order valence-corrected chi connectivity index (χ3v) is 4.37. The summed E-state index contributed by atoms with van der Waals surface area (Å²) in [7, 11) is 0. The fourth-order valence-electron chi connectivity index (χ4n) is 2.71. The first-order chi connectivity index (χ1) is 13.0. The number of hydrogen-bond donors (Lipinski definition) is 1. The standard InChI is InChI=1S/C20H26N2O6/c1-6-12(2)15(21-19(26)27-20(3,4)5)11-16(23)28-22-17(24)13-9-7-8-10-14(13)18(22)25/h7-10,12,15H,6,11H2,1-5H3,(H,21,26)/t12-,15+/m0/s1. The SMILES string of the molecule is CC[C@H](C)[C@@H](CC(=O)ON1C(=O)c2ccccc2C1=O)NC(=O)OC(C)(C)C. The van der Waals surface area contributed by atoms with Crippen LogP contribution in [0.2, 0.25) is 0 Å². The van der Waals surface area contributed by atoms with E-state index in [4.69, 9.17) is 9.57 Å². The van der Waals surface area contributed by atoms with E-state index in [0.29, 0.717) is 11.5 Å². The number of hydrogen-bond acceptors (Lipinski definition) is 6. The number of alkyl carbamates (subject to hydrolysis) is 1. The molecule has 3 amide bonds. The number of rotatable bonds is 6. The van der Waals surface area contributed by atoms with Gasteiger partial charge in [0.2, 0.25) is 0 Å². The largest absolute Gasteiger partial charge is 0.444 e. The first kappa shape index (κ1) is 21.4. The van der Waals surface area contributed by atoms with Gasteiger partial charge in [-0.25, -0.2) is 9.59 Å². The quantitative estimate of drug-likeness (QED) is 0.749. The lowest BCUT2D eigenvalue weighted by Crippen LogP contribution is -2.44. The van der Waals surface area contributed by atoms with E-state index in [-0.39, 0.29) is 23.5 Å². The van der Waals surface area contributed by atoms with Crippen molar-refractivity contribution in [2.75, 3.05) is 0 Å². The van der Waals surface area contributed by atoms with Gasteiger partial charge < -0.3 is 14.9 Å². The third kappa shape index (κ3) is 5.09. The summed E-state index contributed by atoms with van der Waals surface area (Å²) >= 11 is 0. The van der Waals surface area contributed by atoms with E-state index in [0.717, 1.165) is 0 Å². The van der Waals surface area contributed by atoms with Crippen LogP contribution >= 0.6 is 0 Å². The molecule has 0 fully saturated rings. The molecule has 0 aromatic heterocycles. The predicted octanol–water partition coefficient (Wildman–Crippen LogP) is 3.07. The Balaban J connectivity index is 2.03. The van der Waals surface area contributed by atoms with Gasteiger partial charge in [-0.2, -0.15) is 0 Å². The predicted molar refractivity (Wildman–Crippen MR) is 100 cm³/mol. The summed E-state index contributed by atoms with van der Waals surface area (Å²) < 4.78 is 5.23. The Hall–Kier alpha value is -2.90. The molecule has 1 aliphatic rings. The number of ether oxygens (including phenoxy) is 1. The Bertz CT molecular complexity index is 748. The number of benzene rings is 1. The molecule has 0 unspecified atom stereocenters. The lowest BCUT2D eigenvalue weighted by atomic mass is 9.96. The minimum absolute atomic E-state index is 0.0535. The van der Waals surface area contributed by atoms with Crippen LogP contribution in [-0.2, 0) is 14.4 Å². The number of amides is 3. The van der Waals surface area contributed by atoms with Gasteiger partial charge in [-0.05, 0) is 38.8 Å². The molecule has 1 N–H and O–H groups in total. The van der Waals surface area contributed by atoms with Crippen LogP contribution in [-0.4, -0.2) is 40.6 Å². The number of nitrogens with one attached hydrogen (secondary N) is 1. The molecule has 1 aliphatic heterocycles. The highest BCUT2D eigenvalue weighted by Crippen LogP contribution is 2.23. The van der Waals surface area contributed by atoms with E-state index in [1.807, 2.05) is 13.8 Å². The normalized spacial score (nSPS) is 15.7. The average molecular weight is 390 g/mol. The minimum Gasteiger partial charge on any atom is -0.444 e. The van der Waals surface area contributed by atoms with Gasteiger partial charge in [0, 0.05) is 6.04 Å². The summed E-state index contributed by atoms with van der Waals surface area (Å²) in [6.07, 6.45) is -0.158. The van der Waals surface area contributed by atoms with Crippen molar-refractivity contribution in [2.24, 2.45) is 5.92 Å². The fraction of sp³-hybridized carbons (Fsp3) is 0.500. The smallest absolute Gasteiger partial charge is 0.407 e. The van der Waals surface area contributed by atoms with Crippen molar-refractivity contribution in [3.8, 4) is 0 Å². The second-order valence-electron chi connectivity index (χ2n) is 7.76. The van der Waals surface area contributed by atoms with Crippen molar-refractivity contribution in [1.29, 1.82) is 0 Å². The van der Waals surface area contributed by atoms with Crippen LogP contribution in [0.1, 0.15) is 68.2 Å². The van der Waals surface area contributed by atoms with Crippen LogP contribution in [0.4, 0.5) is 4.79 Å².